The molecule has 0 bridgehead atoms. The van der Waals surface area contributed by atoms with Crippen molar-refractivity contribution >= 4 is 0 Å². The van der Waals surface area contributed by atoms with Gasteiger partial charge in [-0.3, -0.25) is 4.90 Å². The van der Waals surface area contributed by atoms with Crippen LogP contribution in [-0.4, -0.2) is 24.5 Å². The van der Waals surface area contributed by atoms with Gasteiger partial charge in [-0.15, -0.1) is 0 Å². The molecular weight excluding hydrogens is 251 g/mol. The molecule has 2 nitrogen and oxygen atoms in total. The van der Waals surface area contributed by atoms with E-state index in [0.717, 1.165) is 24.4 Å². The maximum absolute atomic E-state index is 13.9. The molecule has 2 N–H and O–H groups in total. The first-order valence-corrected chi connectivity index (χ1v) is 7.69. The number of rotatable bonds is 4. The smallest absolute Gasteiger partial charge is 0.127 e. The van der Waals surface area contributed by atoms with Gasteiger partial charge in [0.2, 0.25) is 0 Å². The fraction of sp³-hybridized carbons (Fsp3) is 0.647. The van der Waals surface area contributed by atoms with E-state index in [0.29, 0.717) is 12.0 Å². The largest absolute Gasteiger partial charge is 0.327 e. The predicted molar refractivity (Wildman–Crippen MR) is 81.9 cm³/mol. The summed E-state index contributed by atoms with van der Waals surface area (Å²) in [6, 6.07) is 7.43. The van der Waals surface area contributed by atoms with E-state index in [1.54, 1.807) is 6.07 Å². The maximum Gasteiger partial charge on any atom is 0.127 e. The number of hydrogen-bond donors (Lipinski definition) is 1. The second-order valence-electron chi connectivity index (χ2n) is 6.48. The van der Waals surface area contributed by atoms with E-state index in [1.807, 2.05) is 12.1 Å². The number of nitrogens with zero attached hydrogens (tertiary/aromatic N) is 1. The molecule has 0 radical (unpaired) electrons. The molecule has 0 spiro atoms. The molecule has 2 rings (SSSR count). The van der Waals surface area contributed by atoms with Crippen LogP contribution in [0.4, 0.5) is 4.39 Å². The Morgan fingerprint density at radius 3 is 2.75 bits per heavy atom. The summed E-state index contributed by atoms with van der Waals surface area (Å²) >= 11 is 0. The van der Waals surface area contributed by atoms with Crippen molar-refractivity contribution in [3.8, 4) is 0 Å². The molecule has 0 heterocycles. The van der Waals surface area contributed by atoms with Crippen LogP contribution in [0.25, 0.3) is 0 Å². The van der Waals surface area contributed by atoms with Crippen LogP contribution in [0, 0.1) is 17.7 Å². The second kappa shape index (κ2) is 6.68. The van der Waals surface area contributed by atoms with Gasteiger partial charge >= 0.3 is 0 Å². The van der Waals surface area contributed by atoms with Crippen molar-refractivity contribution in [2.45, 2.75) is 45.2 Å². The highest BCUT2D eigenvalue weighted by atomic mass is 19.1. The number of hydrogen-bond acceptors (Lipinski definition) is 2. The summed E-state index contributed by atoms with van der Waals surface area (Å²) < 4.78 is 13.9. The molecule has 1 aromatic rings. The molecule has 1 saturated carbocycles. The average molecular weight is 278 g/mol. The lowest BCUT2D eigenvalue weighted by Gasteiger charge is -2.37. The molecule has 0 aliphatic heterocycles. The van der Waals surface area contributed by atoms with Gasteiger partial charge in [-0.05, 0) is 51.1 Å². The third kappa shape index (κ3) is 3.58. The van der Waals surface area contributed by atoms with Crippen molar-refractivity contribution in [3.63, 3.8) is 0 Å². The molecule has 0 amide bonds. The molecule has 1 fully saturated rings. The lowest BCUT2D eigenvalue weighted by molar-refractivity contribution is 0.153. The number of halogens is 1. The van der Waals surface area contributed by atoms with Crippen molar-refractivity contribution in [2.24, 2.45) is 17.6 Å². The van der Waals surface area contributed by atoms with Crippen LogP contribution in [-0.2, 0) is 0 Å². The van der Waals surface area contributed by atoms with Crippen LogP contribution in [0.2, 0.25) is 0 Å². The van der Waals surface area contributed by atoms with Crippen LogP contribution in [0.3, 0.4) is 0 Å². The van der Waals surface area contributed by atoms with E-state index < -0.39 is 0 Å². The molecule has 0 saturated heterocycles. The molecule has 1 aliphatic carbocycles. The van der Waals surface area contributed by atoms with E-state index in [1.165, 1.54) is 18.9 Å². The molecular formula is C17H27FN2. The summed E-state index contributed by atoms with van der Waals surface area (Å²) in [5.41, 5.74) is 7.03. The van der Waals surface area contributed by atoms with Crippen LogP contribution < -0.4 is 5.73 Å². The summed E-state index contributed by atoms with van der Waals surface area (Å²) in [6.07, 6.45) is 3.55. The zero-order chi connectivity index (χ0) is 14.7. The van der Waals surface area contributed by atoms with Crippen LogP contribution in [0.15, 0.2) is 24.3 Å². The minimum Gasteiger partial charge on any atom is -0.327 e. The average Bonchev–Trinajstić information content (AvgIpc) is 2.42. The fourth-order valence-electron chi connectivity index (χ4n) is 3.31. The summed E-state index contributed by atoms with van der Waals surface area (Å²) in [6.45, 7) is 5.32. The van der Waals surface area contributed by atoms with Crippen LogP contribution in [0.1, 0.15) is 44.7 Å². The Bertz CT molecular complexity index is 435. The topological polar surface area (TPSA) is 29.3 Å². The standard InChI is InChI=1S/C17H27FN2/c1-12-8-9-17(19)14(10-12)11-20(3)13(2)15-6-4-5-7-16(15)18/h4-7,12-14,17H,8-11,19H2,1-3H3. The van der Waals surface area contributed by atoms with Crippen LogP contribution in [0.5, 0.6) is 0 Å². The highest BCUT2D eigenvalue weighted by Gasteiger charge is 2.28. The first-order valence-electron chi connectivity index (χ1n) is 7.69. The maximum atomic E-state index is 13.9. The Balaban J connectivity index is 2.00. The van der Waals surface area contributed by atoms with Gasteiger partial charge in [-0.2, -0.15) is 0 Å². The number of benzene rings is 1. The van der Waals surface area contributed by atoms with Gasteiger partial charge in [-0.25, -0.2) is 4.39 Å². The van der Waals surface area contributed by atoms with E-state index in [-0.39, 0.29) is 11.9 Å². The second-order valence-corrected chi connectivity index (χ2v) is 6.48. The third-order valence-corrected chi connectivity index (χ3v) is 4.84. The van der Waals surface area contributed by atoms with Gasteiger partial charge in [0.15, 0.2) is 0 Å². The third-order valence-electron chi connectivity index (χ3n) is 4.84. The monoisotopic (exact) mass is 278 g/mol. The number of nitrogens with two attached hydrogens (primary N) is 1. The van der Waals surface area contributed by atoms with Crippen molar-refractivity contribution in [2.75, 3.05) is 13.6 Å². The Morgan fingerprint density at radius 1 is 1.35 bits per heavy atom. The molecule has 1 aliphatic rings. The molecule has 0 aromatic heterocycles. The first kappa shape index (κ1) is 15.5. The van der Waals surface area contributed by atoms with Crippen molar-refractivity contribution < 1.29 is 4.39 Å². The van der Waals surface area contributed by atoms with Gasteiger partial charge in [-0.1, -0.05) is 25.1 Å². The van der Waals surface area contributed by atoms with Crippen LogP contribution >= 0.6 is 0 Å². The highest BCUT2D eigenvalue weighted by molar-refractivity contribution is 5.20. The zero-order valence-corrected chi connectivity index (χ0v) is 12.8. The lowest BCUT2D eigenvalue weighted by atomic mass is 9.79. The Labute approximate surface area is 122 Å². The lowest BCUT2D eigenvalue weighted by Crippen LogP contribution is -2.42. The molecule has 20 heavy (non-hydrogen) atoms. The normalized spacial score (nSPS) is 28.6. The minimum absolute atomic E-state index is 0.0839. The Morgan fingerprint density at radius 2 is 2.05 bits per heavy atom. The van der Waals surface area contributed by atoms with Gasteiger partial charge in [0.1, 0.15) is 5.82 Å². The van der Waals surface area contributed by atoms with Crippen molar-refractivity contribution in [3.05, 3.63) is 35.6 Å². The predicted octanol–water partition coefficient (Wildman–Crippen LogP) is 3.58. The highest BCUT2D eigenvalue weighted by Crippen LogP contribution is 2.30. The molecule has 3 heteroatoms. The fourth-order valence-corrected chi connectivity index (χ4v) is 3.31. The quantitative estimate of drug-likeness (QED) is 0.912. The molecule has 1 aromatic carbocycles. The molecule has 112 valence electrons. The molecule has 4 atom stereocenters. The van der Waals surface area contributed by atoms with E-state index in [9.17, 15) is 4.39 Å². The molecule has 4 unspecified atom stereocenters. The van der Waals surface area contributed by atoms with Gasteiger partial charge in [0, 0.05) is 24.2 Å². The SMILES string of the molecule is CC1CCC(N)C(CN(C)C(C)c2ccccc2F)C1. The van der Waals surface area contributed by atoms with E-state index in [4.69, 9.17) is 5.73 Å². The van der Waals surface area contributed by atoms with Gasteiger partial charge in [0.05, 0.1) is 0 Å². The van der Waals surface area contributed by atoms with Crippen molar-refractivity contribution in [1.82, 2.24) is 4.90 Å². The summed E-state index contributed by atoms with van der Waals surface area (Å²) in [5.74, 6) is 1.17. The minimum atomic E-state index is -0.117. The van der Waals surface area contributed by atoms with Gasteiger partial charge < -0.3 is 5.73 Å². The van der Waals surface area contributed by atoms with E-state index in [2.05, 4.69) is 25.8 Å². The Kier molecular flexibility index (Phi) is 5.17. The summed E-state index contributed by atoms with van der Waals surface area (Å²) in [5, 5.41) is 0. The zero-order valence-electron chi connectivity index (χ0n) is 12.8. The first-order chi connectivity index (χ1) is 9.49. The Hall–Kier alpha value is -0.930. The van der Waals surface area contributed by atoms with Gasteiger partial charge in [0.25, 0.3) is 0 Å². The van der Waals surface area contributed by atoms with Crippen molar-refractivity contribution in [1.29, 1.82) is 0 Å². The summed E-state index contributed by atoms with van der Waals surface area (Å²) in [7, 11) is 2.07. The van der Waals surface area contributed by atoms with E-state index >= 15 is 0 Å². The summed E-state index contributed by atoms with van der Waals surface area (Å²) in [4.78, 5) is 2.24.